The lowest BCUT2D eigenvalue weighted by atomic mass is 10.1. The molecule has 0 radical (unpaired) electrons. The van der Waals surface area contributed by atoms with Crippen LogP contribution >= 0.6 is 11.3 Å². The van der Waals surface area contributed by atoms with Gasteiger partial charge >= 0.3 is 0 Å². The second-order valence-electron chi connectivity index (χ2n) is 5.32. The van der Waals surface area contributed by atoms with Crippen LogP contribution in [0.3, 0.4) is 0 Å². The molecule has 1 heterocycles. The van der Waals surface area contributed by atoms with Crippen molar-refractivity contribution in [3.8, 4) is 5.75 Å². The number of hydrogen-bond donors (Lipinski definition) is 1. The SMILES string of the molecule is Cc1cc(OCCCCO)cc2c(=O)c3ccccc3sc12. The lowest BCUT2D eigenvalue weighted by molar-refractivity contribution is 0.253. The van der Waals surface area contributed by atoms with E-state index in [9.17, 15) is 4.79 Å². The van der Waals surface area contributed by atoms with Gasteiger partial charge in [-0.2, -0.15) is 0 Å². The molecule has 0 bridgehead atoms. The summed E-state index contributed by atoms with van der Waals surface area (Å²) in [6.45, 7) is 2.74. The van der Waals surface area contributed by atoms with Gasteiger partial charge in [0.1, 0.15) is 5.75 Å². The topological polar surface area (TPSA) is 46.5 Å². The number of ether oxygens (including phenoxy) is 1. The van der Waals surface area contributed by atoms with Gasteiger partial charge in [0, 0.05) is 26.8 Å². The molecule has 0 aliphatic rings. The fraction of sp³-hybridized carbons (Fsp3) is 0.278. The third-order valence-electron chi connectivity index (χ3n) is 3.66. The van der Waals surface area contributed by atoms with Crippen molar-refractivity contribution in [3.63, 3.8) is 0 Å². The van der Waals surface area contributed by atoms with Gasteiger partial charge in [-0.15, -0.1) is 11.3 Å². The molecule has 3 nitrogen and oxygen atoms in total. The standard InChI is InChI=1S/C18H18O3S/c1-12-10-13(21-9-5-4-8-19)11-15-17(20)14-6-2-3-7-16(14)22-18(12)15/h2-3,6-7,10-11,19H,4-5,8-9H2,1H3. The predicted octanol–water partition coefficient (Wildman–Crippen LogP) is 3.87. The van der Waals surface area contributed by atoms with E-state index < -0.39 is 0 Å². The predicted molar refractivity (Wildman–Crippen MR) is 92.2 cm³/mol. The van der Waals surface area contributed by atoms with Gasteiger partial charge in [0.05, 0.1) is 6.61 Å². The molecular weight excluding hydrogens is 296 g/mol. The zero-order chi connectivity index (χ0) is 15.5. The molecular formula is C18H18O3S. The highest BCUT2D eigenvalue weighted by molar-refractivity contribution is 7.24. The molecule has 22 heavy (non-hydrogen) atoms. The molecule has 3 aromatic rings. The first-order chi connectivity index (χ1) is 10.7. The molecule has 3 rings (SSSR count). The van der Waals surface area contributed by atoms with E-state index in [1.165, 1.54) is 0 Å². The lowest BCUT2D eigenvalue weighted by Gasteiger charge is -2.09. The maximum Gasteiger partial charge on any atom is 0.196 e. The summed E-state index contributed by atoms with van der Waals surface area (Å²) in [6.07, 6.45) is 1.53. The fourth-order valence-electron chi connectivity index (χ4n) is 2.53. The molecule has 4 heteroatoms. The monoisotopic (exact) mass is 314 g/mol. The highest BCUT2D eigenvalue weighted by Gasteiger charge is 2.09. The maximum atomic E-state index is 12.7. The third-order valence-corrected chi connectivity index (χ3v) is 4.98. The van der Waals surface area contributed by atoms with Crippen molar-refractivity contribution in [3.05, 3.63) is 52.2 Å². The average molecular weight is 314 g/mol. The second kappa shape index (κ2) is 6.46. The second-order valence-corrected chi connectivity index (χ2v) is 6.38. The van der Waals surface area contributed by atoms with E-state index in [0.717, 1.165) is 44.3 Å². The molecule has 2 aromatic carbocycles. The lowest BCUT2D eigenvalue weighted by Crippen LogP contribution is -2.03. The average Bonchev–Trinajstić information content (AvgIpc) is 2.53. The van der Waals surface area contributed by atoms with E-state index in [1.54, 1.807) is 11.3 Å². The van der Waals surface area contributed by atoms with E-state index in [1.807, 2.05) is 43.3 Å². The van der Waals surface area contributed by atoms with Gasteiger partial charge in [-0.05, 0) is 49.6 Å². The molecule has 0 fully saturated rings. The van der Waals surface area contributed by atoms with Crippen LogP contribution in [0.15, 0.2) is 41.2 Å². The number of rotatable bonds is 5. The van der Waals surface area contributed by atoms with Gasteiger partial charge < -0.3 is 9.84 Å². The summed E-state index contributed by atoms with van der Waals surface area (Å²) in [5, 5.41) is 10.3. The van der Waals surface area contributed by atoms with Crippen molar-refractivity contribution in [1.29, 1.82) is 0 Å². The Kier molecular flexibility index (Phi) is 4.41. The van der Waals surface area contributed by atoms with E-state index in [4.69, 9.17) is 9.84 Å². The summed E-state index contributed by atoms with van der Waals surface area (Å²) in [4.78, 5) is 12.7. The van der Waals surface area contributed by atoms with Gasteiger partial charge in [-0.25, -0.2) is 0 Å². The van der Waals surface area contributed by atoms with Crippen molar-refractivity contribution in [2.75, 3.05) is 13.2 Å². The van der Waals surface area contributed by atoms with Crippen molar-refractivity contribution in [1.82, 2.24) is 0 Å². The van der Waals surface area contributed by atoms with E-state index >= 15 is 0 Å². The molecule has 0 unspecified atom stereocenters. The molecule has 0 spiro atoms. The fourth-order valence-corrected chi connectivity index (χ4v) is 3.65. The first kappa shape index (κ1) is 15.0. The minimum Gasteiger partial charge on any atom is -0.494 e. The van der Waals surface area contributed by atoms with E-state index in [2.05, 4.69) is 0 Å². The van der Waals surface area contributed by atoms with Gasteiger partial charge in [0.15, 0.2) is 5.43 Å². The highest BCUT2D eigenvalue weighted by Crippen LogP contribution is 2.30. The number of benzene rings is 2. The number of unbranched alkanes of at least 4 members (excludes halogenated alkanes) is 1. The number of aryl methyl sites for hydroxylation is 1. The molecule has 1 aromatic heterocycles. The van der Waals surface area contributed by atoms with Crippen LogP contribution in [0, 0.1) is 6.92 Å². The molecule has 114 valence electrons. The Morgan fingerprint density at radius 3 is 2.77 bits per heavy atom. The summed E-state index contributed by atoms with van der Waals surface area (Å²) >= 11 is 1.64. The summed E-state index contributed by atoms with van der Waals surface area (Å²) < 4.78 is 7.75. The van der Waals surface area contributed by atoms with Gasteiger partial charge in [-0.3, -0.25) is 4.79 Å². The molecule has 0 saturated heterocycles. The summed E-state index contributed by atoms with van der Waals surface area (Å²) in [5.74, 6) is 0.725. The molecule has 1 N–H and O–H groups in total. The first-order valence-corrected chi connectivity index (χ1v) is 8.22. The van der Waals surface area contributed by atoms with Crippen LogP contribution in [0.5, 0.6) is 5.75 Å². The van der Waals surface area contributed by atoms with Gasteiger partial charge in [-0.1, -0.05) is 12.1 Å². The van der Waals surface area contributed by atoms with Gasteiger partial charge in [0.25, 0.3) is 0 Å². The van der Waals surface area contributed by atoms with Crippen LogP contribution in [0.1, 0.15) is 18.4 Å². The quantitative estimate of drug-likeness (QED) is 0.574. The zero-order valence-corrected chi connectivity index (χ0v) is 13.3. The van der Waals surface area contributed by atoms with Crippen LogP contribution in [-0.4, -0.2) is 18.3 Å². The number of aliphatic hydroxyl groups is 1. The molecule has 0 aliphatic heterocycles. The highest BCUT2D eigenvalue weighted by atomic mass is 32.1. The van der Waals surface area contributed by atoms with Crippen LogP contribution in [0.4, 0.5) is 0 Å². The number of aliphatic hydroxyl groups excluding tert-OH is 1. The minimum atomic E-state index is 0.0632. The summed E-state index contributed by atoms with van der Waals surface area (Å²) in [7, 11) is 0. The molecule has 0 aliphatic carbocycles. The van der Waals surface area contributed by atoms with Crippen LogP contribution in [0.25, 0.3) is 20.2 Å². The van der Waals surface area contributed by atoms with Crippen molar-refractivity contribution >= 4 is 31.5 Å². The van der Waals surface area contributed by atoms with Crippen molar-refractivity contribution in [2.24, 2.45) is 0 Å². The molecule has 0 atom stereocenters. The van der Waals surface area contributed by atoms with Crippen molar-refractivity contribution in [2.45, 2.75) is 19.8 Å². The Morgan fingerprint density at radius 1 is 1.14 bits per heavy atom. The van der Waals surface area contributed by atoms with E-state index in [-0.39, 0.29) is 12.0 Å². The van der Waals surface area contributed by atoms with E-state index in [0.29, 0.717) is 6.61 Å². The summed E-state index contributed by atoms with van der Waals surface area (Å²) in [5.41, 5.74) is 1.12. The van der Waals surface area contributed by atoms with Crippen LogP contribution in [0.2, 0.25) is 0 Å². The Hall–Kier alpha value is -1.91. The van der Waals surface area contributed by atoms with Crippen LogP contribution in [-0.2, 0) is 0 Å². The number of hydrogen-bond acceptors (Lipinski definition) is 4. The minimum absolute atomic E-state index is 0.0632. The Morgan fingerprint density at radius 2 is 1.95 bits per heavy atom. The van der Waals surface area contributed by atoms with Crippen molar-refractivity contribution < 1.29 is 9.84 Å². The first-order valence-electron chi connectivity index (χ1n) is 7.40. The Bertz CT molecular complexity index is 867. The van der Waals surface area contributed by atoms with Crippen LogP contribution < -0.4 is 10.2 Å². The maximum absolute atomic E-state index is 12.7. The Balaban J connectivity index is 2.06. The summed E-state index contributed by atoms with van der Waals surface area (Å²) in [6, 6.07) is 11.5. The zero-order valence-electron chi connectivity index (χ0n) is 12.5. The smallest absolute Gasteiger partial charge is 0.196 e. The Labute approximate surface area is 132 Å². The molecule has 0 amide bonds. The molecule has 0 saturated carbocycles. The third kappa shape index (κ3) is 2.85. The normalized spacial score (nSPS) is 11.2. The largest absolute Gasteiger partial charge is 0.494 e. The number of fused-ring (bicyclic) bond motifs is 2. The van der Waals surface area contributed by atoms with Gasteiger partial charge in [0.2, 0.25) is 0 Å².